The molecule has 2 rings (SSSR count). The number of non-ortho nitro benzene ring substituents is 1. The van der Waals surface area contributed by atoms with Crippen molar-refractivity contribution < 1.29 is 14.5 Å². The van der Waals surface area contributed by atoms with Crippen molar-refractivity contribution in [1.82, 2.24) is 9.97 Å². The molecule has 0 bridgehead atoms. The van der Waals surface area contributed by atoms with Gasteiger partial charge in [-0.2, -0.15) is 0 Å². The molecular formula is C13H12N4O4. The Balaban J connectivity index is 2.05. The highest BCUT2D eigenvalue weighted by molar-refractivity contribution is 6.04. The molecule has 1 aromatic heterocycles. The van der Waals surface area contributed by atoms with Crippen molar-refractivity contribution in [3.63, 3.8) is 0 Å². The van der Waals surface area contributed by atoms with Crippen molar-refractivity contribution in [3.05, 3.63) is 52.3 Å². The van der Waals surface area contributed by atoms with Crippen LogP contribution in [0.2, 0.25) is 0 Å². The number of hydrogen-bond acceptors (Lipinski definition) is 6. The molecule has 0 aliphatic rings. The Hall–Kier alpha value is -3.03. The zero-order valence-electron chi connectivity index (χ0n) is 11.1. The van der Waals surface area contributed by atoms with E-state index in [0.29, 0.717) is 17.9 Å². The average Bonchev–Trinajstić information content (AvgIpc) is 2.49. The van der Waals surface area contributed by atoms with Crippen LogP contribution in [-0.2, 0) is 0 Å². The van der Waals surface area contributed by atoms with E-state index < -0.39 is 10.8 Å². The minimum Gasteiger partial charge on any atom is -0.464 e. The first-order valence-electron chi connectivity index (χ1n) is 6.11. The van der Waals surface area contributed by atoms with Crippen LogP contribution in [0, 0.1) is 10.1 Å². The van der Waals surface area contributed by atoms with E-state index in [1.165, 1.54) is 36.7 Å². The van der Waals surface area contributed by atoms with Gasteiger partial charge in [0.2, 0.25) is 0 Å². The molecule has 0 aliphatic carbocycles. The zero-order valence-corrected chi connectivity index (χ0v) is 11.1. The summed E-state index contributed by atoms with van der Waals surface area (Å²) in [7, 11) is 0. The topological polar surface area (TPSA) is 107 Å². The Labute approximate surface area is 120 Å². The highest BCUT2D eigenvalue weighted by Gasteiger charge is 2.10. The van der Waals surface area contributed by atoms with Gasteiger partial charge >= 0.3 is 6.01 Å². The largest absolute Gasteiger partial charge is 0.464 e. The number of benzene rings is 1. The van der Waals surface area contributed by atoms with E-state index in [4.69, 9.17) is 4.74 Å². The van der Waals surface area contributed by atoms with Crippen LogP contribution in [0.3, 0.4) is 0 Å². The third-order valence-electron chi connectivity index (χ3n) is 2.50. The monoisotopic (exact) mass is 288 g/mol. The smallest absolute Gasteiger partial charge is 0.316 e. The van der Waals surface area contributed by atoms with Crippen molar-refractivity contribution in [2.24, 2.45) is 0 Å². The van der Waals surface area contributed by atoms with Gasteiger partial charge in [0.15, 0.2) is 0 Å². The number of anilines is 1. The number of nitro benzene ring substituents is 1. The lowest BCUT2D eigenvalue weighted by Gasteiger charge is -2.05. The first-order chi connectivity index (χ1) is 10.1. The number of aromatic nitrogens is 2. The molecule has 0 radical (unpaired) electrons. The molecule has 0 saturated carbocycles. The molecule has 0 spiro atoms. The lowest BCUT2D eigenvalue weighted by atomic mass is 10.2. The van der Waals surface area contributed by atoms with Crippen LogP contribution in [0.15, 0.2) is 36.7 Å². The molecule has 1 amide bonds. The van der Waals surface area contributed by atoms with E-state index in [9.17, 15) is 14.9 Å². The predicted octanol–water partition coefficient (Wildman–Crippen LogP) is 2.04. The predicted molar refractivity (Wildman–Crippen MR) is 74.3 cm³/mol. The molecule has 1 heterocycles. The van der Waals surface area contributed by atoms with Gasteiger partial charge in [-0.25, -0.2) is 9.97 Å². The molecule has 1 N–H and O–H groups in total. The molecule has 8 nitrogen and oxygen atoms in total. The number of carbonyl (C=O) groups excluding carboxylic acids is 1. The second kappa shape index (κ2) is 6.42. The summed E-state index contributed by atoms with van der Waals surface area (Å²) in [5, 5.41) is 13.1. The standard InChI is InChI=1S/C13H12N4O4/c1-2-21-13-14-7-10(8-15-13)16-12(18)9-3-5-11(6-4-9)17(19)20/h3-8H,2H2,1H3,(H,16,18). The molecule has 1 aromatic carbocycles. The van der Waals surface area contributed by atoms with Gasteiger partial charge in [0, 0.05) is 17.7 Å². The van der Waals surface area contributed by atoms with E-state index in [2.05, 4.69) is 15.3 Å². The summed E-state index contributed by atoms with van der Waals surface area (Å²) in [6.45, 7) is 2.27. The van der Waals surface area contributed by atoms with Crippen molar-refractivity contribution in [2.45, 2.75) is 6.92 Å². The number of nitro groups is 1. The fraction of sp³-hybridized carbons (Fsp3) is 0.154. The average molecular weight is 288 g/mol. The molecule has 0 atom stereocenters. The van der Waals surface area contributed by atoms with Gasteiger partial charge in [-0.05, 0) is 19.1 Å². The molecule has 21 heavy (non-hydrogen) atoms. The number of carbonyl (C=O) groups is 1. The van der Waals surface area contributed by atoms with Crippen molar-refractivity contribution in [3.8, 4) is 6.01 Å². The fourth-order valence-corrected chi connectivity index (χ4v) is 1.52. The lowest BCUT2D eigenvalue weighted by molar-refractivity contribution is -0.384. The van der Waals surface area contributed by atoms with Crippen LogP contribution in [0.1, 0.15) is 17.3 Å². The minimum absolute atomic E-state index is 0.0732. The molecule has 0 aliphatic heterocycles. The second-order valence-corrected chi connectivity index (χ2v) is 3.95. The summed E-state index contributed by atoms with van der Waals surface area (Å²) in [5.74, 6) is -0.405. The highest BCUT2D eigenvalue weighted by Crippen LogP contribution is 2.14. The quantitative estimate of drug-likeness (QED) is 0.666. The number of hydrogen-bond donors (Lipinski definition) is 1. The van der Waals surface area contributed by atoms with Gasteiger partial charge in [-0.1, -0.05) is 0 Å². The number of rotatable bonds is 5. The summed E-state index contributed by atoms with van der Waals surface area (Å²) in [6, 6.07) is 5.52. The highest BCUT2D eigenvalue weighted by atomic mass is 16.6. The molecule has 0 saturated heterocycles. The minimum atomic E-state index is -0.526. The van der Waals surface area contributed by atoms with E-state index in [-0.39, 0.29) is 11.7 Å². The first-order valence-corrected chi connectivity index (χ1v) is 6.11. The van der Waals surface area contributed by atoms with Gasteiger partial charge in [-0.15, -0.1) is 0 Å². The van der Waals surface area contributed by atoms with E-state index in [1.807, 2.05) is 6.92 Å². The number of nitrogens with zero attached hydrogens (tertiary/aromatic N) is 3. The SMILES string of the molecule is CCOc1ncc(NC(=O)c2ccc([N+](=O)[O-])cc2)cn1. The fourth-order valence-electron chi connectivity index (χ4n) is 1.52. The maximum atomic E-state index is 11.9. The van der Waals surface area contributed by atoms with Crippen LogP contribution >= 0.6 is 0 Å². The maximum absolute atomic E-state index is 11.9. The molecule has 8 heteroatoms. The van der Waals surface area contributed by atoms with Crippen molar-refractivity contribution >= 4 is 17.3 Å². The summed E-state index contributed by atoms with van der Waals surface area (Å²) < 4.78 is 5.09. The molecule has 108 valence electrons. The van der Waals surface area contributed by atoms with Crippen LogP contribution in [0.4, 0.5) is 11.4 Å². The van der Waals surface area contributed by atoms with Gasteiger partial charge < -0.3 is 10.1 Å². The van der Waals surface area contributed by atoms with E-state index >= 15 is 0 Å². The molecule has 0 unspecified atom stereocenters. The van der Waals surface area contributed by atoms with Gasteiger partial charge in [0.05, 0.1) is 29.6 Å². The maximum Gasteiger partial charge on any atom is 0.316 e. The van der Waals surface area contributed by atoms with Gasteiger partial charge in [-0.3, -0.25) is 14.9 Å². The third-order valence-corrected chi connectivity index (χ3v) is 2.50. The van der Waals surface area contributed by atoms with E-state index in [1.54, 1.807) is 0 Å². The van der Waals surface area contributed by atoms with Crippen LogP contribution in [0.25, 0.3) is 0 Å². The normalized spacial score (nSPS) is 9.95. The number of ether oxygens (including phenoxy) is 1. The van der Waals surface area contributed by atoms with E-state index in [0.717, 1.165) is 0 Å². The van der Waals surface area contributed by atoms with Crippen LogP contribution in [-0.4, -0.2) is 27.4 Å². The van der Waals surface area contributed by atoms with Gasteiger partial charge in [0.25, 0.3) is 11.6 Å². The molecule has 0 fully saturated rings. The van der Waals surface area contributed by atoms with Gasteiger partial charge in [0.1, 0.15) is 0 Å². The van der Waals surface area contributed by atoms with Crippen LogP contribution < -0.4 is 10.1 Å². The molecular weight excluding hydrogens is 276 g/mol. The first kappa shape index (κ1) is 14.4. The summed E-state index contributed by atoms with van der Waals surface area (Å²) >= 11 is 0. The molecule has 2 aromatic rings. The van der Waals surface area contributed by atoms with Crippen molar-refractivity contribution in [2.75, 3.05) is 11.9 Å². The Morgan fingerprint density at radius 3 is 2.43 bits per heavy atom. The summed E-state index contributed by atoms with van der Waals surface area (Å²) in [4.78, 5) is 29.8. The van der Waals surface area contributed by atoms with Crippen molar-refractivity contribution in [1.29, 1.82) is 0 Å². The Bertz CT molecular complexity index is 640. The number of nitrogens with one attached hydrogen (secondary N) is 1. The third kappa shape index (κ3) is 3.72. The lowest BCUT2D eigenvalue weighted by Crippen LogP contribution is -2.12. The summed E-state index contributed by atoms with van der Waals surface area (Å²) in [6.07, 6.45) is 2.84. The zero-order chi connectivity index (χ0) is 15.2. The Kier molecular flexibility index (Phi) is 4.39. The Morgan fingerprint density at radius 1 is 1.29 bits per heavy atom. The second-order valence-electron chi connectivity index (χ2n) is 3.95. The van der Waals surface area contributed by atoms with Crippen LogP contribution in [0.5, 0.6) is 6.01 Å². The Morgan fingerprint density at radius 2 is 1.90 bits per heavy atom. The number of amides is 1. The summed E-state index contributed by atoms with van der Waals surface area (Å²) in [5.41, 5.74) is 0.632.